The van der Waals surface area contributed by atoms with Gasteiger partial charge in [0.25, 0.3) is 5.91 Å². The van der Waals surface area contributed by atoms with Crippen LogP contribution in [0.4, 0.5) is 15.8 Å². The summed E-state index contributed by atoms with van der Waals surface area (Å²) in [6.07, 6.45) is 1.12. The Hall–Kier alpha value is -2.73. The minimum Gasteiger partial charge on any atom is -0.367 e. The fourth-order valence-electron chi connectivity index (χ4n) is 4.04. The van der Waals surface area contributed by atoms with Crippen LogP contribution in [0.3, 0.4) is 0 Å². The van der Waals surface area contributed by atoms with Gasteiger partial charge in [0.05, 0.1) is 23.8 Å². The normalized spacial score (nSPS) is 20.9. The van der Waals surface area contributed by atoms with Gasteiger partial charge in [0.15, 0.2) is 0 Å². The molecule has 0 saturated carbocycles. The molecule has 1 atom stereocenters. The molecule has 0 radical (unpaired) electrons. The fraction of sp³-hybridized carbons (Fsp3) is 0.364. The van der Waals surface area contributed by atoms with E-state index in [2.05, 4.69) is 11.8 Å². The smallest absolute Gasteiger partial charge is 0.251 e. The van der Waals surface area contributed by atoms with E-state index in [1.165, 1.54) is 16.5 Å². The minimum atomic E-state index is -0.430. The summed E-state index contributed by atoms with van der Waals surface area (Å²) in [5.74, 6) is -0.547. The van der Waals surface area contributed by atoms with Gasteiger partial charge in [-0.2, -0.15) is 0 Å². The lowest BCUT2D eigenvalue weighted by molar-refractivity contribution is -0.123. The van der Waals surface area contributed by atoms with E-state index in [0.717, 1.165) is 6.42 Å². The van der Waals surface area contributed by atoms with Crippen molar-refractivity contribution in [3.8, 4) is 0 Å². The maximum atomic E-state index is 14.0. The topological polar surface area (TPSA) is 43.9 Å². The van der Waals surface area contributed by atoms with Crippen LogP contribution in [0.1, 0.15) is 18.9 Å². The van der Waals surface area contributed by atoms with Crippen molar-refractivity contribution in [2.45, 2.75) is 25.8 Å². The zero-order chi connectivity index (χ0) is 19.7. The zero-order valence-electron chi connectivity index (χ0n) is 16.0. The predicted octanol–water partition coefficient (Wildman–Crippen LogP) is 2.84. The lowest BCUT2D eigenvalue weighted by Crippen LogP contribution is -2.52. The molecular weight excluding hydrogens is 357 g/mol. The van der Waals surface area contributed by atoms with Crippen LogP contribution in [0.15, 0.2) is 48.5 Å². The number of hydrogen-bond donors (Lipinski definition) is 0. The van der Waals surface area contributed by atoms with Crippen LogP contribution in [0.25, 0.3) is 0 Å². The van der Waals surface area contributed by atoms with Crippen LogP contribution in [-0.2, 0) is 16.0 Å². The number of amides is 2. The quantitative estimate of drug-likeness (QED) is 0.764. The summed E-state index contributed by atoms with van der Waals surface area (Å²) in [4.78, 5) is 30.9. The second-order valence-corrected chi connectivity index (χ2v) is 7.28. The van der Waals surface area contributed by atoms with Gasteiger partial charge >= 0.3 is 0 Å². The Morgan fingerprint density at radius 2 is 1.64 bits per heavy atom. The molecule has 1 unspecified atom stereocenters. The van der Waals surface area contributed by atoms with Gasteiger partial charge in [-0.25, -0.2) is 9.29 Å². The monoisotopic (exact) mass is 381 g/mol. The molecule has 146 valence electrons. The fourth-order valence-corrected chi connectivity index (χ4v) is 4.04. The third-order valence-corrected chi connectivity index (χ3v) is 5.67. The maximum Gasteiger partial charge on any atom is 0.251 e. The first kappa shape index (κ1) is 18.6. The van der Waals surface area contributed by atoms with E-state index in [1.54, 1.807) is 12.1 Å². The molecule has 2 heterocycles. The molecule has 2 fully saturated rings. The summed E-state index contributed by atoms with van der Waals surface area (Å²) in [5.41, 5.74) is 2.40. The largest absolute Gasteiger partial charge is 0.367 e. The molecule has 5 nitrogen and oxygen atoms in total. The highest BCUT2D eigenvalue weighted by Gasteiger charge is 2.43. The van der Waals surface area contributed by atoms with Gasteiger partial charge < -0.3 is 4.90 Å². The second-order valence-electron chi connectivity index (χ2n) is 7.28. The van der Waals surface area contributed by atoms with Crippen molar-refractivity contribution in [1.29, 1.82) is 0 Å². The molecule has 6 heteroatoms. The molecule has 0 aliphatic carbocycles. The third-order valence-electron chi connectivity index (χ3n) is 5.67. The second kappa shape index (κ2) is 7.72. The molecule has 0 aromatic heterocycles. The number of imide groups is 1. The summed E-state index contributed by atoms with van der Waals surface area (Å²) < 4.78 is 14.0. The van der Waals surface area contributed by atoms with Gasteiger partial charge in [0, 0.05) is 26.2 Å². The van der Waals surface area contributed by atoms with Gasteiger partial charge in [-0.3, -0.25) is 14.5 Å². The highest BCUT2D eigenvalue weighted by Crippen LogP contribution is 2.28. The molecule has 4 rings (SSSR count). The van der Waals surface area contributed by atoms with Crippen LogP contribution >= 0.6 is 0 Å². The molecule has 2 aromatic carbocycles. The summed E-state index contributed by atoms with van der Waals surface area (Å²) in [6, 6.07) is 13.9. The highest BCUT2D eigenvalue weighted by molar-refractivity contribution is 6.22. The number of carbonyl (C=O) groups excluding carboxylic acids is 2. The first-order valence-electron chi connectivity index (χ1n) is 9.77. The number of aryl methyl sites for hydroxylation is 1. The number of nitrogens with zero attached hydrogens (tertiary/aromatic N) is 3. The maximum absolute atomic E-state index is 14.0. The molecule has 0 N–H and O–H groups in total. The molecule has 2 amide bonds. The Labute approximate surface area is 164 Å². The van der Waals surface area contributed by atoms with Crippen molar-refractivity contribution in [3.63, 3.8) is 0 Å². The summed E-state index contributed by atoms with van der Waals surface area (Å²) in [6.45, 7) is 4.58. The van der Waals surface area contributed by atoms with Crippen molar-refractivity contribution < 1.29 is 14.0 Å². The minimum absolute atomic E-state index is 0.157. The Kier molecular flexibility index (Phi) is 5.13. The lowest BCUT2D eigenvalue weighted by atomic mass is 10.1. The first-order valence-corrected chi connectivity index (χ1v) is 9.77. The van der Waals surface area contributed by atoms with Crippen LogP contribution in [-0.4, -0.2) is 48.9 Å². The SMILES string of the molecule is CCc1ccc(N2C(=O)CC(N3CCN(c4ccccc4F)CC3)C2=O)cc1. The number of rotatable bonds is 4. The van der Waals surface area contributed by atoms with Crippen molar-refractivity contribution in [2.24, 2.45) is 0 Å². The summed E-state index contributed by atoms with van der Waals surface area (Å²) in [5, 5.41) is 0. The van der Waals surface area contributed by atoms with E-state index in [9.17, 15) is 14.0 Å². The molecule has 28 heavy (non-hydrogen) atoms. The first-order chi connectivity index (χ1) is 13.6. The van der Waals surface area contributed by atoms with Crippen molar-refractivity contribution in [2.75, 3.05) is 36.0 Å². The third kappa shape index (κ3) is 3.40. The van der Waals surface area contributed by atoms with E-state index in [4.69, 9.17) is 0 Å². The molecule has 2 saturated heterocycles. The summed E-state index contributed by atoms with van der Waals surface area (Å²) in [7, 11) is 0. The number of carbonyl (C=O) groups is 2. The molecule has 2 aromatic rings. The standard InChI is InChI=1S/C22H24FN3O2/c1-2-16-7-9-17(10-8-16)26-21(27)15-20(22(26)28)25-13-11-24(12-14-25)19-6-4-3-5-18(19)23/h3-10,20H,2,11-15H2,1H3. The van der Waals surface area contributed by atoms with Gasteiger partial charge in [0.1, 0.15) is 5.82 Å². The average Bonchev–Trinajstić information content (AvgIpc) is 3.03. The van der Waals surface area contributed by atoms with Crippen molar-refractivity contribution in [3.05, 3.63) is 59.9 Å². The number of anilines is 2. The van der Waals surface area contributed by atoms with E-state index in [-0.39, 0.29) is 24.1 Å². The van der Waals surface area contributed by atoms with Crippen molar-refractivity contribution in [1.82, 2.24) is 4.90 Å². The number of benzene rings is 2. The molecule has 2 aliphatic heterocycles. The van der Waals surface area contributed by atoms with Gasteiger partial charge in [-0.15, -0.1) is 0 Å². The van der Waals surface area contributed by atoms with Crippen LogP contribution in [0.2, 0.25) is 0 Å². The number of piperazine rings is 1. The van der Waals surface area contributed by atoms with Crippen molar-refractivity contribution >= 4 is 23.2 Å². The lowest BCUT2D eigenvalue weighted by Gasteiger charge is -2.38. The Morgan fingerprint density at radius 3 is 2.29 bits per heavy atom. The highest BCUT2D eigenvalue weighted by atomic mass is 19.1. The number of halogens is 1. The molecule has 0 spiro atoms. The number of hydrogen-bond acceptors (Lipinski definition) is 4. The molecule has 0 bridgehead atoms. The molecular formula is C22H24FN3O2. The Bertz CT molecular complexity index is 876. The zero-order valence-corrected chi connectivity index (χ0v) is 16.0. The van der Waals surface area contributed by atoms with E-state index >= 15 is 0 Å². The predicted molar refractivity (Wildman–Crippen MR) is 107 cm³/mol. The van der Waals surface area contributed by atoms with Crippen LogP contribution < -0.4 is 9.80 Å². The number of para-hydroxylation sites is 1. The van der Waals surface area contributed by atoms with E-state index in [0.29, 0.717) is 37.6 Å². The Balaban J connectivity index is 1.44. The average molecular weight is 381 g/mol. The van der Waals surface area contributed by atoms with Gasteiger partial charge in [-0.05, 0) is 36.2 Å². The Morgan fingerprint density at radius 1 is 0.964 bits per heavy atom. The van der Waals surface area contributed by atoms with E-state index < -0.39 is 6.04 Å². The van der Waals surface area contributed by atoms with Crippen LogP contribution in [0.5, 0.6) is 0 Å². The van der Waals surface area contributed by atoms with E-state index in [1.807, 2.05) is 35.2 Å². The van der Waals surface area contributed by atoms with Crippen LogP contribution in [0, 0.1) is 5.82 Å². The molecule has 2 aliphatic rings. The van der Waals surface area contributed by atoms with Gasteiger partial charge in [0.2, 0.25) is 5.91 Å². The van der Waals surface area contributed by atoms with Gasteiger partial charge in [-0.1, -0.05) is 31.2 Å². The summed E-state index contributed by atoms with van der Waals surface area (Å²) >= 11 is 0.